The van der Waals surface area contributed by atoms with Crippen LogP contribution in [0.25, 0.3) is 0 Å². The Bertz CT molecular complexity index is 304. The van der Waals surface area contributed by atoms with E-state index in [4.69, 9.17) is 17.0 Å². The Labute approximate surface area is 92.1 Å². The van der Waals surface area contributed by atoms with Crippen LogP contribution in [-0.4, -0.2) is 42.7 Å². The molecule has 1 N–H and O–H groups in total. The molecule has 1 aliphatic heterocycles. The highest BCUT2D eigenvalue weighted by molar-refractivity contribution is 5.66. The second kappa shape index (κ2) is 4.47. The molecule has 5 heteroatoms. The molecule has 88 valence electrons. The van der Waals surface area contributed by atoms with Crippen LogP contribution < -0.4 is 0 Å². The molecule has 0 aromatic carbocycles. The third kappa shape index (κ3) is 2.14. The Morgan fingerprint density at radius 2 is 2.33 bits per heavy atom. The predicted octanol–water partition coefficient (Wildman–Crippen LogP) is 0.308. The Morgan fingerprint density at radius 1 is 1.73 bits per heavy atom. The van der Waals surface area contributed by atoms with Crippen molar-refractivity contribution < 1.29 is 26.9 Å². The molecule has 0 radical (unpaired) electrons. The molecule has 4 atom stereocenters. The van der Waals surface area contributed by atoms with Crippen LogP contribution in [0.4, 0.5) is 0 Å². The van der Waals surface area contributed by atoms with Gasteiger partial charge < -0.3 is 19.3 Å². The lowest BCUT2D eigenvalue weighted by Gasteiger charge is -2.31. The molecule has 1 heterocycles. The standard InChI is InChI=1S/C10H18O5/c1-6-8(5-11)14-9(13-4)10(6,3)15-7(2)12/h6,8-9,11H,5H2,1-4H3/t6-,8-,9?,10-/m1/s1/i5D2. The lowest BCUT2D eigenvalue weighted by atomic mass is 9.88. The average Bonchev–Trinajstić information content (AvgIpc) is 2.37. The highest BCUT2D eigenvalue weighted by atomic mass is 16.7. The van der Waals surface area contributed by atoms with E-state index >= 15 is 0 Å². The number of methoxy groups -OCH3 is 1. The van der Waals surface area contributed by atoms with Gasteiger partial charge in [0.15, 0.2) is 11.9 Å². The molecule has 5 nitrogen and oxygen atoms in total. The van der Waals surface area contributed by atoms with Gasteiger partial charge in [-0.3, -0.25) is 4.79 Å². The van der Waals surface area contributed by atoms with Crippen LogP contribution >= 0.6 is 0 Å². The van der Waals surface area contributed by atoms with E-state index in [1.807, 2.05) is 0 Å². The van der Waals surface area contributed by atoms with E-state index in [-0.39, 0.29) is 0 Å². The molecule has 0 aliphatic carbocycles. The largest absolute Gasteiger partial charge is 0.454 e. The van der Waals surface area contributed by atoms with E-state index in [9.17, 15) is 9.90 Å². The van der Waals surface area contributed by atoms with Gasteiger partial charge in [0, 0.05) is 20.0 Å². The van der Waals surface area contributed by atoms with Gasteiger partial charge in [-0.15, -0.1) is 0 Å². The van der Waals surface area contributed by atoms with Crippen molar-refractivity contribution in [1.82, 2.24) is 0 Å². The molecule has 1 aliphatic rings. The number of rotatable bonds is 3. The van der Waals surface area contributed by atoms with Crippen LogP contribution in [0.3, 0.4) is 0 Å². The van der Waals surface area contributed by atoms with Gasteiger partial charge in [0.25, 0.3) is 0 Å². The molecule has 1 saturated heterocycles. The average molecular weight is 220 g/mol. The summed E-state index contributed by atoms with van der Waals surface area (Å²) in [6.45, 7) is 1.97. The number of esters is 1. The summed E-state index contributed by atoms with van der Waals surface area (Å²) in [5, 5.41) is 9.38. The fourth-order valence-corrected chi connectivity index (χ4v) is 1.78. The molecule has 1 rings (SSSR count). The van der Waals surface area contributed by atoms with E-state index in [0.717, 1.165) is 0 Å². The van der Waals surface area contributed by atoms with Gasteiger partial charge in [-0.05, 0) is 6.92 Å². The lowest BCUT2D eigenvalue weighted by Crippen LogP contribution is -2.45. The van der Waals surface area contributed by atoms with Crippen LogP contribution in [0.2, 0.25) is 0 Å². The van der Waals surface area contributed by atoms with E-state index < -0.39 is 36.4 Å². The SMILES string of the molecule is [2H]C([2H])(O)[C@H]1OC(OC)[C@](C)(OC(C)=O)[C@@H]1C. The van der Waals surface area contributed by atoms with E-state index in [2.05, 4.69) is 0 Å². The summed E-state index contributed by atoms with van der Waals surface area (Å²) < 4.78 is 30.1. The van der Waals surface area contributed by atoms with Crippen molar-refractivity contribution in [3.8, 4) is 0 Å². The van der Waals surface area contributed by atoms with Crippen molar-refractivity contribution in [3.63, 3.8) is 0 Å². The van der Waals surface area contributed by atoms with Crippen molar-refractivity contribution in [2.24, 2.45) is 5.92 Å². The van der Waals surface area contributed by atoms with E-state index in [1.54, 1.807) is 13.8 Å². The Morgan fingerprint density at radius 3 is 2.73 bits per heavy atom. The highest BCUT2D eigenvalue weighted by Crippen LogP contribution is 2.39. The fourth-order valence-electron chi connectivity index (χ4n) is 1.78. The van der Waals surface area contributed by atoms with Crippen molar-refractivity contribution in [1.29, 1.82) is 0 Å². The van der Waals surface area contributed by atoms with Crippen molar-refractivity contribution >= 4 is 5.97 Å². The fraction of sp³-hybridized carbons (Fsp3) is 0.900. The maximum absolute atomic E-state index is 11.1. The van der Waals surface area contributed by atoms with Crippen LogP contribution in [0.1, 0.15) is 23.5 Å². The maximum Gasteiger partial charge on any atom is 0.303 e. The summed E-state index contributed by atoms with van der Waals surface area (Å²) in [6.07, 6.45) is -2.02. The number of hydrogen-bond acceptors (Lipinski definition) is 5. The molecular formula is C10H18O5. The molecular weight excluding hydrogens is 200 g/mol. The third-order valence-corrected chi connectivity index (χ3v) is 2.80. The zero-order valence-electron chi connectivity index (χ0n) is 11.3. The predicted molar refractivity (Wildman–Crippen MR) is 52.1 cm³/mol. The number of carbonyl (C=O) groups is 1. The topological polar surface area (TPSA) is 65.0 Å². The molecule has 0 aromatic heterocycles. The van der Waals surface area contributed by atoms with Crippen LogP contribution in [0.5, 0.6) is 0 Å². The smallest absolute Gasteiger partial charge is 0.303 e. The summed E-state index contributed by atoms with van der Waals surface area (Å²) in [5.74, 6) is -1.06. The molecule has 1 unspecified atom stereocenters. The maximum atomic E-state index is 11.1. The highest BCUT2D eigenvalue weighted by Gasteiger charge is 2.54. The second-order valence-corrected chi connectivity index (χ2v) is 3.82. The number of carbonyl (C=O) groups excluding carboxylic acids is 1. The zero-order valence-corrected chi connectivity index (χ0v) is 9.31. The second-order valence-electron chi connectivity index (χ2n) is 3.82. The molecule has 0 spiro atoms. The van der Waals surface area contributed by atoms with Gasteiger partial charge in [0.05, 0.1) is 15.4 Å². The minimum atomic E-state index is -2.52. The molecule has 0 bridgehead atoms. The van der Waals surface area contributed by atoms with Crippen LogP contribution in [-0.2, 0) is 19.0 Å². The quantitative estimate of drug-likeness (QED) is 0.693. The Hall–Kier alpha value is -0.650. The van der Waals surface area contributed by atoms with Crippen molar-refractivity contribution in [2.75, 3.05) is 13.7 Å². The van der Waals surface area contributed by atoms with E-state index in [0.29, 0.717) is 0 Å². The van der Waals surface area contributed by atoms with Crippen LogP contribution in [0, 0.1) is 5.92 Å². The normalized spacial score (nSPS) is 43.4. The van der Waals surface area contributed by atoms with Gasteiger partial charge in [0.2, 0.25) is 0 Å². The molecule has 15 heavy (non-hydrogen) atoms. The number of ether oxygens (including phenoxy) is 3. The minimum absolute atomic E-state index is 0.510. The Balaban J connectivity index is 3.00. The first-order chi connectivity index (χ1) is 7.63. The first-order valence-electron chi connectivity index (χ1n) is 5.73. The summed E-state index contributed by atoms with van der Waals surface area (Å²) in [7, 11) is 1.37. The van der Waals surface area contributed by atoms with Crippen molar-refractivity contribution in [3.05, 3.63) is 0 Å². The molecule has 0 saturated carbocycles. The molecule has 0 amide bonds. The third-order valence-electron chi connectivity index (χ3n) is 2.80. The van der Waals surface area contributed by atoms with Gasteiger partial charge in [-0.2, -0.15) is 0 Å². The Kier molecular flexibility index (Phi) is 2.85. The van der Waals surface area contributed by atoms with Crippen LogP contribution in [0.15, 0.2) is 0 Å². The molecule has 1 fully saturated rings. The van der Waals surface area contributed by atoms with E-state index in [1.165, 1.54) is 14.0 Å². The summed E-state index contributed by atoms with van der Waals surface area (Å²) in [6, 6.07) is 0. The van der Waals surface area contributed by atoms with Gasteiger partial charge in [0.1, 0.15) is 0 Å². The summed E-state index contributed by atoms with van der Waals surface area (Å²) in [4.78, 5) is 11.1. The number of aliphatic hydroxyl groups is 1. The molecule has 0 aromatic rings. The van der Waals surface area contributed by atoms with Gasteiger partial charge in [-0.1, -0.05) is 6.92 Å². The monoisotopic (exact) mass is 220 g/mol. The van der Waals surface area contributed by atoms with Gasteiger partial charge in [-0.25, -0.2) is 0 Å². The first-order valence-corrected chi connectivity index (χ1v) is 4.73. The van der Waals surface area contributed by atoms with Crippen molar-refractivity contribution in [2.45, 2.75) is 38.8 Å². The minimum Gasteiger partial charge on any atom is -0.454 e. The first kappa shape index (κ1) is 9.57. The summed E-state index contributed by atoms with van der Waals surface area (Å²) >= 11 is 0. The summed E-state index contributed by atoms with van der Waals surface area (Å²) in [5.41, 5.74) is -1.12. The zero-order chi connectivity index (χ0) is 13.4. The number of hydrogen-bond donors (Lipinski definition) is 1. The lowest BCUT2D eigenvalue weighted by molar-refractivity contribution is -0.206. The van der Waals surface area contributed by atoms with Gasteiger partial charge >= 0.3 is 5.97 Å².